The molecule has 0 unspecified atom stereocenters. The molecule has 0 aromatic rings. The van der Waals surface area contributed by atoms with Gasteiger partial charge in [0.05, 0.1) is 0 Å². The van der Waals surface area contributed by atoms with Gasteiger partial charge in [0.15, 0.2) is 0 Å². The molecular formula is C21H49N3Si. The molecule has 0 N–H and O–H groups in total. The average molecular weight is 372 g/mol. The number of hydrogen-bond acceptors (Lipinski definition) is 3. The Morgan fingerprint density at radius 2 is 0.720 bits per heavy atom. The maximum Gasteiger partial charge on any atom is 0.288 e. The first-order chi connectivity index (χ1) is 11.9. The lowest BCUT2D eigenvalue weighted by atomic mass is 10.1. The summed E-state index contributed by atoms with van der Waals surface area (Å²) in [5.74, 6) is 0. The van der Waals surface area contributed by atoms with Crippen LogP contribution in [0.15, 0.2) is 0 Å². The van der Waals surface area contributed by atoms with Crippen LogP contribution in [0, 0.1) is 0 Å². The molecule has 0 aromatic heterocycles. The fourth-order valence-electron chi connectivity index (χ4n) is 4.25. The Kier molecular flexibility index (Phi) is 15.2. The van der Waals surface area contributed by atoms with Gasteiger partial charge < -0.3 is 13.7 Å². The summed E-state index contributed by atoms with van der Waals surface area (Å²) in [5.41, 5.74) is 0. The van der Waals surface area contributed by atoms with Crippen LogP contribution < -0.4 is 0 Å². The minimum Gasteiger partial charge on any atom is -0.305 e. The van der Waals surface area contributed by atoms with E-state index in [1.165, 1.54) is 89.5 Å². The average Bonchev–Trinajstić information content (AvgIpc) is 2.54. The van der Waals surface area contributed by atoms with E-state index in [0.717, 1.165) is 0 Å². The van der Waals surface area contributed by atoms with Gasteiger partial charge in [-0.15, -0.1) is 0 Å². The summed E-state index contributed by atoms with van der Waals surface area (Å²) in [4.78, 5) is 0. The normalized spacial score (nSPS) is 12.7. The zero-order chi connectivity index (χ0) is 19.1. The lowest BCUT2D eigenvalue weighted by Crippen LogP contribution is -2.69. The first kappa shape index (κ1) is 25.1. The Morgan fingerprint density at radius 3 is 1.00 bits per heavy atom. The third kappa shape index (κ3) is 10.1. The first-order valence-corrected chi connectivity index (χ1v) is 13.0. The van der Waals surface area contributed by atoms with Crippen molar-refractivity contribution in [2.24, 2.45) is 0 Å². The number of unbranched alkanes of at least 4 members (excludes halogenated alkanes) is 12. The quantitative estimate of drug-likeness (QED) is 0.240. The summed E-state index contributed by atoms with van der Waals surface area (Å²) in [7, 11) is 11.9. The molecule has 152 valence electrons. The lowest BCUT2D eigenvalue weighted by Gasteiger charge is -2.46. The van der Waals surface area contributed by atoms with Crippen molar-refractivity contribution >= 4 is 8.56 Å². The molecule has 0 spiro atoms. The van der Waals surface area contributed by atoms with Crippen LogP contribution in [0.2, 0.25) is 6.04 Å². The van der Waals surface area contributed by atoms with E-state index in [9.17, 15) is 0 Å². The molecule has 0 heterocycles. The Labute approximate surface area is 161 Å². The molecule has 0 aliphatic carbocycles. The zero-order valence-corrected chi connectivity index (χ0v) is 19.7. The van der Waals surface area contributed by atoms with E-state index in [2.05, 4.69) is 62.9 Å². The van der Waals surface area contributed by atoms with Crippen molar-refractivity contribution in [1.29, 1.82) is 0 Å². The summed E-state index contributed by atoms with van der Waals surface area (Å²) in [6, 6.07) is 1.34. The maximum absolute atomic E-state index is 2.49. The van der Waals surface area contributed by atoms with Crippen molar-refractivity contribution in [3.63, 3.8) is 0 Å². The molecule has 0 fully saturated rings. The van der Waals surface area contributed by atoms with E-state index < -0.39 is 8.56 Å². The maximum atomic E-state index is 2.49. The monoisotopic (exact) mass is 371 g/mol. The van der Waals surface area contributed by atoms with Gasteiger partial charge in [0.25, 0.3) is 8.56 Å². The second kappa shape index (κ2) is 15.2. The smallest absolute Gasteiger partial charge is 0.288 e. The molecule has 0 aliphatic heterocycles. The highest BCUT2D eigenvalue weighted by atomic mass is 28.4. The molecule has 3 nitrogen and oxygen atoms in total. The predicted octanol–water partition coefficient (Wildman–Crippen LogP) is 5.70. The van der Waals surface area contributed by atoms with E-state index in [4.69, 9.17) is 0 Å². The van der Waals surface area contributed by atoms with Crippen LogP contribution in [0.25, 0.3) is 0 Å². The van der Waals surface area contributed by atoms with E-state index >= 15 is 0 Å². The molecule has 0 saturated heterocycles. The van der Waals surface area contributed by atoms with Crippen LogP contribution in [0.4, 0.5) is 0 Å². The third-order valence-corrected chi connectivity index (χ3v) is 11.1. The summed E-state index contributed by atoms with van der Waals surface area (Å²) in [5, 5.41) is 0. The summed E-state index contributed by atoms with van der Waals surface area (Å²) >= 11 is 0. The molecule has 0 aromatic carbocycles. The molecule has 0 aliphatic rings. The van der Waals surface area contributed by atoms with Crippen molar-refractivity contribution in [2.45, 2.75) is 96.4 Å². The minimum absolute atomic E-state index is 1.34. The topological polar surface area (TPSA) is 9.72 Å². The van der Waals surface area contributed by atoms with Crippen LogP contribution in [0.1, 0.15) is 90.4 Å². The predicted molar refractivity (Wildman–Crippen MR) is 117 cm³/mol. The van der Waals surface area contributed by atoms with E-state index in [1.54, 1.807) is 0 Å². The van der Waals surface area contributed by atoms with Crippen LogP contribution in [-0.4, -0.2) is 64.5 Å². The highest BCUT2D eigenvalue weighted by Crippen LogP contribution is 2.22. The highest BCUT2D eigenvalue weighted by Gasteiger charge is 2.41. The second-order valence-electron chi connectivity index (χ2n) is 8.45. The van der Waals surface area contributed by atoms with Gasteiger partial charge in [-0.2, -0.15) is 0 Å². The van der Waals surface area contributed by atoms with Crippen molar-refractivity contribution in [1.82, 2.24) is 13.7 Å². The largest absolute Gasteiger partial charge is 0.305 e. The summed E-state index contributed by atoms with van der Waals surface area (Å²) in [6.45, 7) is 2.30. The highest BCUT2D eigenvalue weighted by molar-refractivity contribution is 6.71. The van der Waals surface area contributed by atoms with Gasteiger partial charge >= 0.3 is 0 Å². The van der Waals surface area contributed by atoms with Crippen LogP contribution in [-0.2, 0) is 0 Å². The molecule has 0 atom stereocenters. The van der Waals surface area contributed by atoms with Crippen molar-refractivity contribution < 1.29 is 0 Å². The van der Waals surface area contributed by atoms with Gasteiger partial charge in [-0.3, -0.25) is 0 Å². The Hall–Kier alpha value is 0.0969. The SMILES string of the molecule is CCCCCCCCCCCCCCC[Si](N(C)C)(N(C)C)N(C)C. The van der Waals surface area contributed by atoms with Crippen molar-refractivity contribution in [2.75, 3.05) is 42.3 Å². The zero-order valence-electron chi connectivity index (χ0n) is 18.7. The molecule has 4 heteroatoms. The first-order valence-electron chi connectivity index (χ1n) is 10.9. The van der Waals surface area contributed by atoms with Gasteiger partial charge in [-0.05, 0) is 48.3 Å². The van der Waals surface area contributed by atoms with Crippen LogP contribution in [0.5, 0.6) is 0 Å². The Morgan fingerprint density at radius 1 is 0.440 bits per heavy atom. The summed E-state index contributed by atoms with van der Waals surface area (Å²) in [6.07, 6.45) is 18.7. The standard InChI is InChI=1S/C21H49N3Si/c1-8-9-10-11-12-13-14-15-16-17-18-19-20-21-25(22(2)3,23(4)5)24(6)7/h8-21H2,1-7H3. The minimum atomic E-state index is -1.63. The van der Waals surface area contributed by atoms with Crippen molar-refractivity contribution in [3.8, 4) is 0 Å². The molecule has 25 heavy (non-hydrogen) atoms. The van der Waals surface area contributed by atoms with Gasteiger partial charge in [0, 0.05) is 0 Å². The molecule has 0 radical (unpaired) electrons. The van der Waals surface area contributed by atoms with Crippen LogP contribution in [0.3, 0.4) is 0 Å². The fourth-order valence-corrected chi connectivity index (χ4v) is 8.72. The van der Waals surface area contributed by atoms with E-state index in [0.29, 0.717) is 0 Å². The second-order valence-corrected chi connectivity index (χ2v) is 13.2. The Balaban J connectivity index is 3.68. The number of hydrogen-bond donors (Lipinski definition) is 0. The van der Waals surface area contributed by atoms with Crippen LogP contribution >= 0.6 is 0 Å². The van der Waals surface area contributed by atoms with Gasteiger partial charge in [-0.1, -0.05) is 90.4 Å². The molecular weight excluding hydrogens is 322 g/mol. The van der Waals surface area contributed by atoms with Crippen molar-refractivity contribution in [3.05, 3.63) is 0 Å². The summed E-state index contributed by atoms with van der Waals surface area (Å²) < 4.78 is 7.48. The molecule has 0 amide bonds. The number of rotatable bonds is 17. The number of nitrogens with zero attached hydrogens (tertiary/aromatic N) is 3. The van der Waals surface area contributed by atoms with Gasteiger partial charge in [0.2, 0.25) is 0 Å². The van der Waals surface area contributed by atoms with E-state index in [-0.39, 0.29) is 0 Å². The lowest BCUT2D eigenvalue weighted by molar-refractivity contribution is 0.372. The molecule has 0 bridgehead atoms. The Bertz CT molecular complexity index is 271. The molecule has 0 rings (SSSR count). The van der Waals surface area contributed by atoms with Gasteiger partial charge in [-0.25, -0.2) is 0 Å². The van der Waals surface area contributed by atoms with Gasteiger partial charge in [0.1, 0.15) is 0 Å². The third-order valence-electron chi connectivity index (χ3n) is 5.76. The van der Waals surface area contributed by atoms with E-state index in [1.807, 2.05) is 0 Å². The molecule has 0 saturated carbocycles. The fraction of sp³-hybridized carbons (Fsp3) is 1.00.